The van der Waals surface area contributed by atoms with E-state index in [1.807, 2.05) is 0 Å². The molecule has 0 heterocycles. The van der Waals surface area contributed by atoms with Crippen LogP contribution in [0.3, 0.4) is 0 Å². The van der Waals surface area contributed by atoms with Gasteiger partial charge in [0, 0.05) is 0 Å². The Balaban J connectivity index is 1.97. The van der Waals surface area contributed by atoms with Crippen molar-refractivity contribution in [3.8, 4) is 0 Å². The van der Waals surface area contributed by atoms with Crippen molar-refractivity contribution in [1.29, 1.82) is 0 Å². The standard InChI is InChI=1S/C15H26S2/c1-13(2,3)15(16,17)14-7-10-4-11(8-14)6-12(5-10)9-14/h10-12,16-17H,4-9H2,1-3H3. The third-order valence-electron chi connectivity index (χ3n) is 5.82. The predicted octanol–water partition coefficient (Wildman–Crippen LogP) is 4.80. The van der Waals surface area contributed by atoms with Crippen molar-refractivity contribution in [2.75, 3.05) is 0 Å². The highest BCUT2D eigenvalue weighted by atomic mass is 32.2. The highest BCUT2D eigenvalue weighted by molar-refractivity contribution is 8.00. The maximum atomic E-state index is 5.08. The quantitative estimate of drug-likeness (QED) is 0.496. The summed E-state index contributed by atoms with van der Waals surface area (Å²) in [5.74, 6) is 2.96. The van der Waals surface area contributed by atoms with E-state index < -0.39 is 0 Å². The lowest BCUT2D eigenvalue weighted by Crippen LogP contribution is -2.58. The van der Waals surface area contributed by atoms with Crippen LogP contribution in [0.15, 0.2) is 0 Å². The highest BCUT2D eigenvalue weighted by Crippen LogP contribution is 2.69. The smallest absolute Gasteiger partial charge is 0.0656 e. The van der Waals surface area contributed by atoms with Crippen LogP contribution in [0.25, 0.3) is 0 Å². The molecule has 17 heavy (non-hydrogen) atoms. The molecule has 0 aliphatic heterocycles. The molecule has 4 aliphatic carbocycles. The minimum absolute atomic E-state index is 0.115. The molecule has 4 aliphatic rings. The van der Waals surface area contributed by atoms with Crippen molar-refractivity contribution in [1.82, 2.24) is 0 Å². The van der Waals surface area contributed by atoms with Gasteiger partial charge in [0.25, 0.3) is 0 Å². The molecule has 2 heteroatoms. The van der Waals surface area contributed by atoms with Gasteiger partial charge in [-0.25, -0.2) is 0 Å². The van der Waals surface area contributed by atoms with Gasteiger partial charge in [-0.05, 0) is 67.1 Å². The van der Waals surface area contributed by atoms with E-state index in [0.717, 1.165) is 17.8 Å². The van der Waals surface area contributed by atoms with Crippen LogP contribution in [0.2, 0.25) is 0 Å². The summed E-state index contributed by atoms with van der Waals surface area (Å²) >= 11 is 10.2. The molecule has 0 atom stereocenters. The maximum Gasteiger partial charge on any atom is 0.0656 e. The third kappa shape index (κ3) is 1.73. The van der Waals surface area contributed by atoms with E-state index in [0.29, 0.717) is 5.41 Å². The molecule has 98 valence electrons. The van der Waals surface area contributed by atoms with Crippen LogP contribution in [0.5, 0.6) is 0 Å². The van der Waals surface area contributed by atoms with E-state index in [2.05, 4.69) is 20.8 Å². The second kappa shape index (κ2) is 3.62. The number of thiol groups is 2. The fourth-order valence-electron chi connectivity index (χ4n) is 5.33. The fraction of sp³-hybridized carbons (Fsp3) is 1.00. The Bertz CT molecular complexity index is 289. The molecule has 4 rings (SSSR count). The van der Waals surface area contributed by atoms with Gasteiger partial charge in [-0.2, -0.15) is 25.3 Å². The highest BCUT2D eigenvalue weighted by Gasteiger charge is 2.61. The first-order valence-electron chi connectivity index (χ1n) is 7.18. The molecule has 0 saturated heterocycles. The van der Waals surface area contributed by atoms with Gasteiger partial charge in [0.1, 0.15) is 0 Å². The molecule has 0 aromatic heterocycles. The van der Waals surface area contributed by atoms with E-state index in [-0.39, 0.29) is 9.49 Å². The molecule has 0 N–H and O–H groups in total. The Morgan fingerprint density at radius 3 is 1.47 bits per heavy atom. The molecule has 4 bridgehead atoms. The summed E-state index contributed by atoms with van der Waals surface area (Å²) in [6.07, 6.45) is 8.68. The number of hydrogen-bond acceptors (Lipinski definition) is 2. The minimum atomic E-state index is -0.115. The zero-order chi connectivity index (χ0) is 12.5. The minimum Gasteiger partial charge on any atom is -0.161 e. The van der Waals surface area contributed by atoms with E-state index in [4.69, 9.17) is 25.3 Å². The first-order chi connectivity index (χ1) is 7.73. The summed E-state index contributed by atoms with van der Waals surface area (Å²) in [7, 11) is 0. The summed E-state index contributed by atoms with van der Waals surface area (Å²) in [6, 6.07) is 0. The van der Waals surface area contributed by atoms with Crippen LogP contribution >= 0.6 is 25.3 Å². The number of rotatable bonds is 1. The van der Waals surface area contributed by atoms with Crippen LogP contribution in [-0.2, 0) is 0 Å². The average molecular weight is 271 g/mol. The zero-order valence-electron chi connectivity index (χ0n) is 11.4. The first-order valence-corrected chi connectivity index (χ1v) is 8.08. The SMILES string of the molecule is CC(C)(C)C(S)(S)C12CC3CC(CC(C3)C1)C2. The lowest BCUT2D eigenvalue weighted by molar-refractivity contribution is -0.0742. The van der Waals surface area contributed by atoms with E-state index in [9.17, 15) is 0 Å². The molecule has 4 saturated carbocycles. The molecule has 0 amide bonds. The van der Waals surface area contributed by atoms with E-state index in [1.165, 1.54) is 38.5 Å². The molecule has 0 unspecified atom stereocenters. The molecule has 0 aromatic carbocycles. The Hall–Kier alpha value is 0.700. The van der Waals surface area contributed by atoms with Gasteiger partial charge < -0.3 is 0 Å². The van der Waals surface area contributed by atoms with Crippen molar-refractivity contribution < 1.29 is 0 Å². The van der Waals surface area contributed by atoms with Crippen LogP contribution < -0.4 is 0 Å². The maximum absolute atomic E-state index is 5.08. The summed E-state index contributed by atoms with van der Waals surface area (Å²) in [6.45, 7) is 6.93. The van der Waals surface area contributed by atoms with Crippen LogP contribution in [0.1, 0.15) is 59.3 Å². The van der Waals surface area contributed by atoms with Gasteiger partial charge in [0.05, 0.1) is 4.08 Å². The Morgan fingerprint density at radius 2 is 1.18 bits per heavy atom. The van der Waals surface area contributed by atoms with Crippen molar-refractivity contribution in [3.63, 3.8) is 0 Å². The van der Waals surface area contributed by atoms with Crippen LogP contribution in [0.4, 0.5) is 0 Å². The second-order valence-electron chi connectivity index (χ2n) is 8.12. The topological polar surface area (TPSA) is 0 Å². The Labute approximate surface area is 117 Å². The van der Waals surface area contributed by atoms with Crippen LogP contribution in [0, 0.1) is 28.6 Å². The zero-order valence-corrected chi connectivity index (χ0v) is 13.2. The van der Waals surface area contributed by atoms with Gasteiger partial charge in [-0.3, -0.25) is 0 Å². The van der Waals surface area contributed by atoms with Gasteiger partial charge in [-0.15, -0.1) is 0 Å². The van der Waals surface area contributed by atoms with Gasteiger partial charge in [0.2, 0.25) is 0 Å². The molecule has 0 spiro atoms. The largest absolute Gasteiger partial charge is 0.161 e. The summed E-state index contributed by atoms with van der Waals surface area (Å²) < 4.78 is -0.115. The summed E-state index contributed by atoms with van der Waals surface area (Å²) in [5.41, 5.74) is 0.580. The van der Waals surface area contributed by atoms with E-state index in [1.54, 1.807) is 0 Å². The van der Waals surface area contributed by atoms with Crippen molar-refractivity contribution in [3.05, 3.63) is 0 Å². The second-order valence-corrected chi connectivity index (χ2v) is 9.81. The number of hydrogen-bond donors (Lipinski definition) is 2. The fourth-order valence-corrected chi connectivity index (χ4v) is 5.88. The Kier molecular flexibility index (Phi) is 2.71. The van der Waals surface area contributed by atoms with E-state index >= 15 is 0 Å². The molecule has 4 fully saturated rings. The molecular formula is C15H26S2. The van der Waals surface area contributed by atoms with Crippen molar-refractivity contribution >= 4 is 25.3 Å². The third-order valence-corrected chi connectivity index (χ3v) is 8.11. The van der Waals surface area contributed by atoms with Crippen molar-refractivity contribution in [2.24, 2.45) is 28.6 Å². The lowest BCUT2D eigenvalue weighted by atomic mass is 9.47. The van der Waals surface area contributed by atoms with Gasteiger partial charge in [0.15, 0.2) is 0 Å². The summed E-state index contributed by atoms with van der Waals surface area (Å²) in [4.78, 5) is 0. The molecule has 0 radical (unpaired) electrons. The normalized spacial score (nSPS) is 45.4. The van der Waals surface area contributed by atoms with Gasteiger partial charge in [-0.1, -0.05) is 20.8 Å². The lowest BCUT2D eigenvalue weighted by Gasteiger charge is -2.64. The van der Waals surface area contributed by atoms with Gasteiger partial charge >= 0.3 is 0 Å². The predicted molar refractivity (Wildman–Crippen MR) is 80.8 cm³/mol. The summed E-state index contributed by atoms with van der Waals surface area (Å²) in [5, 5.41) is 0. The average Bonchev–Trinajstić information content (AvgIpc) is 2.12. The molecule has 0 aromatic rings. The molecular weight excluding hydrogens is 244 g/mol. The Morgan fingerprint density at radius 1 is 0.824 bits per heavy atom. The van der Waals surface area contributed by atoms with Crippen molar-refractivity contribution in [2.45, 2.75) is 63.4 Å². The monoisotopic (exact) mass is 270 g/mol. The first kappa shape index (κ1) is 12.7. The molecule has 0 nitrogen and oxygen atoms in total. The van der Waals surface area contributed by atoms with Crippen LogP contribution in [-0.4, -0.2) is 4.08 Å².